The summed E-state index contributed by atoms with van der Waals surface area (Å²) in [5.41, 5.74) is 2.45. The molecule has 8 heteroatoms. The van der Waals surface area contributed by atoms with E-state index in [0.29, 0.717) is 5.82 Å². The van der Waals surface area contributed by atoms with E-state index in [1.165, 1.54) is 24.3 Å². The smallest absolute Gasteiger partial charge is 0.338 e. The van der Waals surface area contributed by atoms with E-state index >= 15 is 0 Å². The minimum absolute atomic E-state index is 0.104. The summed E-state index contributed by atoms with van der Waals surface area (Å²) in [5.74, 6) is -1.02. The molecule has 0 radical (unpaired) electrons. The topological polar surface area (TPSA) is 103 Å². The fourth-order valence-corrected chi connectivity index (χ4v) is 3.06. The van der Waals surface area contributed by atoms with Gasteiger partial charge in [-0.3, -0.25) is 14.5 Å². The number of carbonyl (C=O) groups is 3. The summed E-state index contributed by atoms with van der Waals surface area (Å²) in [4.78, 5) is 42.3. The maximum Gasteiger partial charge on any atom is 0.338 e. The van der Waals surface area contributed by atoms with Gasteiger partial charge in [0.2, 0.25) is 5.82 Å². The van der Waals surface area contributed by atoms with Crippen LogP contribution < -0.4 is 0 Å². The first-order chi connectivity index (χ1) is 14.5. The molecule has 1 aliphatic rings. The van der Waals surface area contributed by atoms with Crippen LogP contribution in [0.3, 0.4) is 0 Å². The average molecular weight is 403 g/mol. The number of esters is 1. The van der Waals surface area contributed by atoms with E-state index in [2.05, 4.69) is 16.7 Å². The van der Waals surface area contributed by atoms with Crippen molar-refractivity contribution >= 4 is 17.8 Å². The second kappa shape index (κ2) is 7.75. The summed E-state index contributed by atoms with van der Waals surface area (Å²) in [7, 11) is 0. The van der Waals surface area contributed by atoms with Gasteiger partial charge in [-0.1, -0.05) is 41.1 Å². The van der Waals surface area contributed by atoms with Crippen LogP contribution in [0.15, 0.2) is 59.6 Å². The van der Waals surface area contributed by atoms with Crippen LogP contribution in [0.1, 0.15) is 42.5 Å². The molecule has 30 heavy (non-hydrogen) atoms. The lowest BCUT2D eigenvalue weighted by atomic mass is 10.1. The van der Waals surface area contributed by atoms with Crippen molar-refractivity contribution < 1.29 is 23.6 Å². The van der Waals surface area contributed by atoms with Crippen molar-refractivity contribution in [3.8, 4) is 11.4 Å². The number of amides is 2. The standard InChI is InChI=1S/C22H17N3O5/c1-3-10-25-20(26)16-9-8-15(11-17(16)21(25)27)22(28)29-12-18-23-19(24-30-18)14-6-4-13(2)5-7-14/h3-9,11H,1,10,12H2,2H3. The van der Waals surface area contributed by atoms with E-state index in [-0.39, 0.29) is 35.7 Å². The highest BCUT2D eigenvalue weighted by Crippen LogP contribution is 2.24. The number of hydrogen-bond donors (Lipinski definition) is 0. The Bertz CT molecular complexity index is 1160. The lowest BCUT2D eigenvalue weighted by Crippen LogP contribution is -2.29. The number of benzene rings is 2. The normalized spacial score (nSPS) is 12.8. The molecule has 2 amide bonds. The van der Waals surface area contributed by atoms with Gasteiger partial charge < -0.3 is 9.26 Å². The molecule has 1 aromatic heterocycles. The van der Waals surface area contributed by atoms with Gasteiger partial charge in [0.05, 0.1) is 16.7 Å². The molecule has 0 saturated carbocycles. The Labute approximate surface area is 171 Å². The van der Waals surface area contributed by atoms with Crippen LogP contribution in [0.4, 0.5) is 0 Å². The Kier molecular flexibility index (Phi) is 4.97. The van der Waals surface area contributed by atoms with Gasteiger partial charge in [-0.2, -0.15) is 4.98 Å². The molecular formula is C22H17N3O5. The Hall–Kier alpha value is -4.07. The Balaban J connectivity index is 1.45. The molecule has 2 aromatic carbocycles. The van der Waals surface area contributed by atoms with Crippen LogP contribution in [0.2, 0.25) is 0 Å². The zero-order valence-corrected chi connectivity index (χ0v) is 16.1. The molecule has 0 aliphatic carbocycles. The Morgan fingerprint density at radius 2 is 1.87 bits per heavy atom. The van der Waals surface area contributed by atoms with Crippen molar-refractivity contribution in [2.45, 2.75) is 13.5 Å². The second-order valence-electron chi connectivity index (χ2n) is 6.72. The maximum absolute atomic E-state index is 12.4. The second-order valence-corrected chi connectivity index (χ2v) is 6.72. The zero-order chi connectivity index (χ0) is 21.3. The van der Waals surface area contributed by atoms with Crippen molar-refractivity contribution in [1.82, 2.24) is 15.0 Å². The number of aryl methyl sites for hydroxylation is 1. The average Bonchev–Trinajstić information content (AvgIpc) is 3.32. The number of hydrogen-bond acceptors (Lipinski definition) is 7. The van der Waals surface area contributed by atoms with E-state index in [1.807, 2.05) is 31.2 Å². The fraction of sp³-hybridized carbons (Fsp3) is 0.136. The van der Waals surface area contributed by atoms with Crippen LogP contribution in [-0.2, 0) is 11.3 Å². The van der Waals surface area contributed by atoms with E-state index in [9.17, 15) is 14.4 Å². The molecule has 4 rings (SSSR count). The first kappa shape index (κ1) is 19.3. The minimum atomic E-state index is -0.671. The van der Waals surface area contributed by atoms with Gasteiger partial charge in [0, 0.05) is 12.1 Å². The molecule has 3 aromatic rings. The summed E-state index contributed by atoms with van der Waals surface area (Å²) < 4.78 is 10.3. The zero-order valence-electron chi connectivity index (χ0n) is 16.1. The van der Waals surface area contributed by atoms with E-state index < -0.39 is 17.8 Å². The predicted octanol–water partition coefficient (Wildman–Crippen LogP) is 3.18. The number of ether oxygens (including phenoxy) is 1. The number of fused-ring (bicyclic) bond motifs is 1. The highest BCUT2D eigenvalue weighted by atomic mass is 16.6. The van der Waals surface area contributed by atoms with Crippen molar-refractivity contribution in [1.29, 1.82) is 0 Å². The van der Waals surface area contributed by atoms with Gasteiger partial charge >= 0.3 is 5.97 Å². The highest BCUT2D eigenvalue weighted by Gasteiger charge is 2.35. The lowest BCUT2D eigenvalue weighted by molar-refractivity contribution is 0.0429. The predicted molar refractivity (Wildman–Crippen MR) is 106 cm³/mol. The first-order valence-electron chi connectivity index (χ1n) is 9.16. The van der Waals surface area contributed by atoms with E-state index in [1.54, 1.807) is 0 Å². The van der Waals surface area contributed by atoms with Gasteiger partial charge in [0.15, 0.2) is 6.61 Å². The Morgan fingerprint density at radius 3 is 2.60 bits per heavy atom. The van der Waals surface area contributed by atoms with Crippen LogP contribution in [0.25, 0.3) is 11.4 Å². The molecule has 0 N–H and O–H groups in total. The van der Waals surface area contributed by atoms with Crippen LogP contribution in [0.5, 0.6) is 0 Å². The van der Waals surface area contributed by atoms with Gasteiger partial charge in [0.1, 0.15) is 0 Å². The Morgan fingerprint density at radius 1 is 1.13 bits per heavy atom. The molecule has 1 aliphatic heterocycles. The van der Waals surface area contributed by atoms with Gasteiger partial charge in [-0.05, 0) is 25.1 Å². The monoisotopic (exact) mass is 403 g/mol. The van der Waals surface area contributed by atoms with E-state index in [0.717, 1.165) is 16.0 Å². The van der Waals surface area contributed by atoms with E-state index in [4.69, 9.17) is 9.26 Å². The molecule has 0 atom stereocenters. The quantitative estimate of drug-likeness (QED) is 0.354. The number of imide groups is 1. The number of aromatic nitrogens is 2. The largest absolute Gasteiger partial charge is 0.452 e. The van der Waals surface area contributed by atoms with Crippen molar-refractivity contribution in [3.63, 3.8) is 0 Å². The third-order valence-corrected chi connectivity index (χ3v) is 4.62. The van der Waals surface area contributed by atoms with Crippen LogP contribution >= 0.6 is 0 Å². The van der Waals surface area contributed by atoms with Crippen molar-refractivity contribution in [2.75, 3.05) is 6.54 Å². The number of nitrogens with zero attached hydrogens (tertiary/aromatic N) is 3. The van der Waals surface area contributed by atoms with Gasteiger partial charge in [-0.25, -0.2) is 4.79 Å². The lowest BCUT2D eigenvalue weighted by Gasteiger charge is -2.09. The molecular weight excluding hydrogens is 386 g/mol. The molecule has 0 saturated heterocycles. The summed E-state index contributed by atoms with van der Waals surface area (Å²) in [5, 5.41) is 3.88. The SMILES string of the molecule is C=CCN1C(=O)c2ccc(C(=O)OCc3nc(-c4ccc(C)cc4)no3)cc2C1=O. The van der Waals surface area contributed by atoms with Gasteiger partial charge in [-0.15, -0.1) is 6.58 Å². The molecule has 8 nitrogen and oxygen atoms in total. The van der Waals surface area contributed by atoms with Crippen LogP contribution in [-0.4, -0.2) is 39.4 Å². The summed E-state index contributed by atoms with van der Waals surface area (Å²) in [6.45, 7) is 5.40. The van der Waals surface area contributed by atoms with Crippen molar-refractivity contribution in [3.05, 3.63) is 83.3 Å². The summed E-state index contributed by atoms with van der Waals surface area (Å²) >= 11 is 0. The molecule has 0 fully saturated rings. The highest BCUT2D eigenvalue weighted by molar-refractivity contribution is 6.22. The van der Waals surface area contributed by atoms with Crippen molar-refractivity contribution in [2.24, 2.45) is 0 Å². The third-order valence-electron chi connectivity index (χ3n) is 4.62. The molecule has 150 valence electrons. The van der Waals surface area contributed by atoms with Gasteiger partial charge in [0.25, 0.3) is 17.7 Å². The number of carbonyl (C=O) groups excluding carboxylic acids is 3. The first-order valence-corrected chi connectivity index (χ1v) is 9.16. The maximum atomic E-state index is 12.4. The summed E-state index contributed by atoms with van der Waals surface area (Å²) in [6.07, 6.45) is 1.46. The third kappa shape index (κ3) is 3.50. The molecule has 0 bridgehead atoms. The minimum Gasteiger partial charge on any atom is -0.452 e. The fourth-order valence-electron chi connectivity index (χ4n) is 3.06. The van der Waals surface area contributed by atoms with Crippen LogP contribution in [0, 0.1) is 6.92 Å². The summed E-state index contributed by atoms with van der Waals surface area (Å²) in [6, 6.07) is 11.8. The molecule has 0 spiro atoms. The molecule has 0 unspecified atom stereocenters. The molecule has 2 heterocycles. The number of rotatable bonds is 6.